The Morgan fingerprint density at radius 1 is 1.43 bits per heavy atom. The molecule has 1 aliphatic heterocycles. The van der Waals surface area contributed by atoms with Gasteiger partial charge in [0.2, 0.25) is 5.91 Å². The molecule has 1 aliphatic carbocycles. The van der Waals surface area contributed by atoms with Crippen LogP contribution < -0.4 is 11.1 Å². The number of nitrogens with two attached hydrogens (primary N) is 1. The van der Waals surface area contributed by atoms with Crippen LogP contribution in [-0.4, -0.2) is 46.5 Å². The fourth-order valence-corrected chi connectivity index (χ4v) is 4.11. The van der Waals surface area contributed by atoms with Crippen LogP contribution >= 0.6 is 0 Å². The summed E-state index contributed by atoms with van der Waals surface area (Å²) in [6.07, 6.45) is 10.2. The normalized spacial score (nSPS) is 24.6. The van der Waals surface area contributed by atoms with Gasteiger partial charge in [0.1, 0.15) is 11.9 Å². The highest BCUT2D eigenvalue weighted by molar-refractivity contribution is 5.77. The molecule has 1 atom stereocenters. The highest BCUT2D eigenvalue weighted by Crippen LogP contribution is 2.39. The summed E-state index contributed by atoms with van der Waals surface area (Å²) >= 11 is 0. The van der Waals surface area contributed by atoms with Crippen LogP contribution in [0.4, 0.5) is 0 Å². The van der Waals surface area contributed by atoms with Crippen molar-refractivity contribution in [2.24, 2.45) is 18.2 Å². The van der Waals surface area contributed by atoms with Crippen molar-refractivity contribution in [1.29, 1.82) is 0 Å². The Bertz CT molecular complexity index is 535. The van der Waals surface area contributed by atoms with Crippen LogP contribution in [0.2, 0.25) is 0 Å². The minimum Gasteiger partial charge on any atom is -0.336 e. The van der Waals surface area contributed by atoms with Crippen molar-refractivity contribution in [2.45, 2.75) is 44.6 Å². The third-order valence-corrected chi connectivity index (χ3v) is 5.59. The Labute approximate surface area is 138 Å². The van der Waals surface area contributed by atoms with E-state index in [9.17, 15) is 4.79 Å². The van der Waals surface area contributed by atoms with E-state index in [-0.39, 0.29) is 17.4 Å². The molecule has 2 aliphatic rings. The third-order valence-electron chi connectivity index (χ3n) is 5.59. The number of piperazine rings is 1. The first-order chi connectivity index (χ1) is 11.2. The maximum absolute atomic E-state index is 13.1. The highest BCUT2D eigenvalue weighted by Gasteiger charge is 2.37. The summed E-state index contributed by atoms with van der Waals surface area (Å²) in [6.45, 7) is 2.99. The van der Waals surface area contributed by atoms with E-state index in [0.717, 1.165) is 38.3 Å². The average Bonchev–Trinajstić information content (AvgIpc) is 3.01. The third kappa shape index (κ3) is 3.43. The molecule has 1 saturated heterocycles. The average molecular weight is 319 g/mol. The number of amides is 1. The summed E-state index contributed by atoms with van der Waals surface area (Å²) in [5, 5.41) is 3.39. The molecule has 3 rings (SSSR count). The zero-order valence-corrected chi connectivity index (χ0v) is 14.1. The Morgan fingerprint density at radius 2 is 2.22 bits per heavy atom. The van der Waals surface area contributed by atoms with Crippen LogP contribution in [0.15, 0.2) is 12.4 Å². The van der Waals surface area contributed by atoms with Gasteiger partial charge in [-0.15, -0.1) is 0 Å². The zero-order valence-electron chi connectivity index (χ0n) is 14.1. The summed E-state index contributed by atoms with van der Waals surface area (Å²) in [5.41, 5.74) is 6.09. The number of carbonyl (C=O) groups is 1. The molecule has 0 spiro atoms. The molecule has 2 fully saturated rings. The van der Waals surface area contributed by atoms with Crippen molar-refractivity contribution in [3.8, 4) is 0 Å². The summed E-state index contributed by atoms with van der Waals surface area (Å²) in [4.78, 5) is 19.5. The minimum absolute atomic E-state index is 0.0202. The maximum Gasteiger partial charge on any atom is 0.223 e. The molecule has 1 aromatic rings. The molecule has 23 heavy (non-hydrogen) atoms. The molecule has 1 aromatic heterocycles. The van der Waals surface area contributed by atoms with Crippen molar-refractivity contribution < 1.29 is 4.79 Å². The van der Waals surface area contributed by atoms with Crippen LogP contribution in [0, 0.1) is 5.41 Å². The van der Waals surface area contributed by atoms with Crippen LogP contribution in [0.25, 0.3) is 0 Å². The SMILES string of the molecule is Cn1ccnc1C1CNCCN1C(=O)CC1(CN)CCCCC1. The number of nitrogens with one attached hydrogen (secondary N) is 1. The van der Waals surface area contributed by atoms with E-state index >= 15 is 0 Å². The Morgan fingerprint density at radius 3 is 2.87 bits per heavy atom. The van der Waals surface area contributed by atoms with Crippen molar-refractivity contribution in [1.82, 2.24) is 19.8 Å². The van der Waals surface area contributed by atoms with Crippen molar-refractivity contribution in [2.75, 3.05) is 26.2 Å². The Kier molecular flexibility index (Phi) is 5.02. The molecule has 6 heteroatoms. The smallest absolute Gasteiger partial charge is 0.223 e. The van der Waals surface area contributed by atoms with Gasteiger partial charge in [0.05, 0.1) is 0 Å². The van der Waals surface area contributed by atoms with E-state index in [1.165, 1.54) is 19.3 Å². The Balaban J connectivity index is 1.75. The number of aryl methyl sites for hydroxylation is 1. The van der Waals surface area contributed by atoms with Crippen LogP contribution in [0.3, 0.4) is 0 Å². The molecular formula is C17H29N5O. The van der Waals surface area contributed by atoms with E-state index < -0.39 is 0 Å². The second-order valence-electron chi connectivity index (χ2n) is 7.14. The first-order valence-corrected chi connectivity index (χ1v) is 8.83. The molecule has 1 saturated carbocycles. The number of rotatable bonds is 4. The molecule has 3 N–H and O–H groups in total. The van der Waals surface area contributed by atoms with Crippen LogP contribution in [0.1, 0.15) is 50.4 Å². The van der Waals surface area contributed by atoms with Crippen molar-refractivity contribution >= 4 is 5.91 Å². The predicted molar refractivity (Wildman–Crippen MR) is 89.7 cm³/mol. The molecule has 1 amide bonds. The molecule has 6 nitrogen and oxygen atoms in total. The lowest BCUT2D eigenvalue weighted by molar-refractivity contribution is -0.137. The van der Waals surface area contributed by atoms with Gasteiger partial charge in [-0.05, 0) is 24.8 Å². The van der Waals surface area contributed by atoms with Crippen LogP contribution in [-0.2, 0) is 11.8 Å². The second kappa shape index (κ2) is 7.01. The van der Waals surface area contributed by atoms with E-state index in [0.29, 0.717) is 13.0 Å². The topological polar surface area (TPSA) is 76.2 Å². The number of aromatic nitrogens is 2. The minimum atomic E-state index is 0.0202. The zero-order chi connectivity index (χ0) is 16.3. The largest absolute Gasteiger partial charge is 0.336 e. The monoisotopic (exact) mass is 319 g/mol. The van der Waals surface area contributed by atoms with Gasteiger partial charge in [0.15, 0.2) is 0 Å². The van der Waals surface area contributed by atoms with Gasteiger partial charge in [-0.25, -0.2) is 4.98 Å². The van der Waals surface area contributed by atoms with Gasteiger partial charge in [0.25, 0.3) is 0 Å². The van der Waals surface area contributed by atoms with Crippen molar-refractivity contribution in [3.63, 3.8) is 0 Å². The van der Waals surface area contributed by atoms with E-state index in [1.807, 2.05) is 22.7 Å². The summed E-state index contributed by atoms with van der Waals surface area (Å²) < 4.78 is 2.01. The quantitative estimate of drug-likeness (QED) is 0.874. The number of imidazole rings is 1. The Hall–Kier alpha value is -1.40. The van der Waals surface area contributed by atoms with Crippen molar-refractivity contribution in [3.05, 3.63) is 18.2 Å². The number of hydrogen-bond acceptors (Lipinski definition) is 4. The van der Waals surface area contributed by atoms with Gasteiger partial charge in [-0.1, -0.05) is 19.3 Å². The molecule has 0 radical (unpaired) electrons. The fraction of sp³-hybridized carbons (Fsp3) is 0.765. The molecule has 0 aromatic carbocycles. The number of carbonyl (C=O) groups excluding carboxylic acids is 1. The number of hydrogen-bond donors (Lipinski definition) is 2. The summed E-state index contributed by atoms with van der Waals surface area (Å²) in [6, 6.07) is 0.0228. The van der Waals surface area contributed by atoms with Gasteiger partial charge >= 0.3 is 0 Å². The van der Waals surface area contributed by atoms with Crippen LogP contribution in [0.5, 0.6) is 0 Å². The number of nitrogens with zero attached hydrogens (tertiary/aromatic N) is 3. The first kappa shape index (κ1) is 16.5. The molecule has 2 heterocycles. The summed E-state index contributed by atoms with van der Waals surface area (Å²) in [5.74, 6) is 1.20. The fourth-order valence-electron chi connectivity index (χ4n) is 4.11. The standard InChI is InChI=1S/C17H29N5O/c1-21-9-8-20-16(21)14-12-19-7-10-22(14)15(23)11-17(13-18)5-3-2-4-6-17/h8-9,14,19H,2-7,10-13,18H2,1H3. The van der Waals surface area contributed by atoms with Gasteiger partial charge < -0.3 is 20.5 Å². The first-order valence-electron chi connectivity index (χ1n) is 8.83. The lowest BCUT2D eigenvalue weighted by Crippen LogP contribution is -2.51. The van der Waals surface area contributed by atoms with Gasteiger partial charge in [-0.2, -0.15) is 0 Å². The maximum atomic E-state index is 13.1. The van der Waals surface area contributed by atoms with E-state index in [4.69, 9.17) is 5.73 Å². The molecular weight excluding hydrogens is 290 g/mol. The van der Waals surface area contributed by atoms with E-state index in [1.54, 1.807) is 6.20 Å². The highest BCUT2D eigenvalue weighted by atomic mass is 16.2. The lowest BCUT2D eigenvalue weighted by atomic mass is 9.71. The van der Waals surface area contributed by atoms with Gasteiger partial charge in [-0.3, -0.25) is 4.79 Å². The van der Waals surface area contributed by atoms with E-state index in [2.05, 4.69) is 10.3 Å². The lowest BCUT2D eigenvalue weighted by Gasteiger charge is -2.40. The molecule has 128 valence electrons. The van der Waals surface area contributed by atoms with Gasteiger partial charge in [0, 0.05) is 45.5 Å². The molecule has 1 unspecified atom stereocenters. The second-order valence-corrected chi connectivity index (χ2v) is 7.14. The molecule has 0 bridgehead atoms. The predicted octanol–water partition coefficient (Wildman–Crippen LogP) is 1.19. The summed E-state index contributed by atoms with van der Waals surface area (Å²) in [7, 11) is 1.99.